The maximum atomic E-state index is 13.7. The van der Waals surface area contributed by atoms with Crippen LogP contribution in [0, 0.1) is 61.4 Å². The maximum Gasteiger partial charge on any atom is 4.00 e. The van der Waals surface area contributed by atoms with Gasteiger partial charge in [0.1, 0.15) is 0 Å². The molecule has 2 heterocycles. The Kier molecular flexibility index (Phi) is 15.4. The van der Waals surface area contributed by atoms with E-state index in [1.165, 1.54) is 24.3 Å². The summed E-state index contributed by atoms with van der Waals surface area (Å²) >= 11 is 0. The van der Waals surface area contributed by atoms with Gasteiger partial charge in [-0.25, -0.2) is 41.9 Å². The average Bonchev–Trinajstić information content (AvgIpc) is 3.79. The van der Waals surface area contributed by atoms with Crippen molar-refractivity contribution in [3.63, 3.8) is 0 Å². The summed E-state index contributed by atoms with van der Waals surface area (Å²) in [4.78, 5) is 0. The summed E-state index contributed by atoms with van der Waals surface area (Å²) < 4.78 is 56.7. The topological polar surface area (TPSA) is 9.86 Å². The van der Waals surface area contributed by atoms with Crippen molar-refractivity contribution in [1.29, 1.82) is 0 Å². The van der Waals surface area contributed by atoms with E-state index in [0.29, 0.717) is 11.4 Å². The van der Waals surface area contributed by atoms with E-state index in [9.17, 15) is 17.6 Å². The number of allylic oxidation sites excluding steroid dienone is 8. The van der Waals surface area contributed by atoms with Crippen LogP contribution in [0.5, 0.6) is 0 Å². The molecule has 232 valence electrons. The van der Waals surface area contributed by atoms with Gasteiger partial charge in [-0.15, -0.1) is 49.2 Å². The normalized spacial score (nSPS) is 12.4. The van der Waals surface area contributed by atoms with Gasteiger partial charge in [-0.1, -0.05) is 27.7 Å². The van der Waals surface area contributed by atoms with Gasteiger partial charge in [0.2, 0.25) is 0 Å². The zero-order chi connectivity index (χ0) is 32.2. The minimum Gasteiger partial charge on any atom is -0.369 e. The third kappa shape index (κ3) is 10.8. The van der Waals surface area contributed by atoms with Crippen molar-refractivity contribution in [1.82, 2.24) is 9.13 Å². The first kappa shape index (κ1) is 37.6. The Hall–Kier alpha value is -3.61. The minimum atomic E-state index is -0.679. The van der Waals surface area contributed by atoms with Crippen LogP contribution < -0.4 is 0 Å². The summed E-state index contributed by atoms with van der Waals surface area (Å²) in [6, 6.07) is 17.2. The van der Waals surface area contributed by atoms with Gasteiger partial charge in [-0.3, -0.25) is 12.2 Å². The maximum absolute atomic E-state index is 13.7. The molecule has 0 amide bonds. The summed E-state index contributed by atoms with van der Waals surface area (Å²) in [6.45, 7) is 11.9. The molecule has 45 heavy (non-hydrogen) atoms. The molecule has 0 spiro atoms. The molecule has 0 saturated heterocycles. The number of aryl methyl sites for hydroxylation is 2. The van der Waals surface area contributed by atoms with Crippen LogP contribution >= 0.6 is 0 Å². The third-order valence-corrected chi connectivity index (χ3v) is 6.73. The van der Waals surface area contributed by atoms with Gasteiger partial charge in [-0.05, 0) is 61.3 Å². The summed E-state index contributed by atoms with van der Waals surface area (Å²) in [7, 11) is 0. The molecule has 2 aliphatic rings. The fourth-order valence-electron chi connectivity index (χ4n) is 4.57. The molecular weight excluding hydrogens is 608 g/mol. The van der Waals surface area contributed by atoms with Gasteiger partial charge in [0.25, 0.3) is 0 Å². The van der Waals surface area contributed by atoms with Crippen LogP contribution in [-0.2, 0) is 21.7 Å². The monoisotopic (exact) mass is 646 g/mol. The molecule has 0 unspecified atom stereocenters. The summed E-state index contributed by atoms with van der Waals surface area (Å²) in [6.07, 6.45) is 20.0. The van der Waals surface area contributed by atoms with Gasteiger partial charge < -0.3 is 9.13 Å². The number of aromatic nitrogens is 2. The van der Waals surface area contributed by atoms with E-state index < -0.39 is 23.3 Å². The average molecular weight is 647 g/mol. The fraction of sp³-hybridized carbons (Fsp3) is 0.263. The Morgan fingerprint density at radius 3 is 1.20 bits per heavy atom. The van der Waals surface area contributed by atoms with Crippen molar-refractivity contribution in [2.45, 2.75) is 66.2 Å². The van der Waals surface area contributed by atoms with E-state index in [1.807, 2.05) is 90.1 Å². The quantitative estimate of drug-likeness (QED) is 0.119. The second kappa shape index (κ2) is 18.4. The molecular formula is C38H38F4N2Ti. The molecule has 0 atom stereocenters. The van der Waals surface area contributed by atoms with Crippen LogP contribution in [0.4, 0.5) is 17.6 Å². The van der Waals surface area contributed by atoms with E-state index in [-0.39, 0.29) is 33.6 Å². The van der Waals surface area contributed by atoms with E-state index in [1.54, 1.807) is 9.13 Å². The van der Waals surface area contributed by atoms with Crippen LogP contribution in [0.3, 0.4) is 0 Å². The van der Waals surface area contributed by atoms with E-state index in [0.717, 1.165) is 35.6 Å². The van der Waals surface area contributed by atoms with Gasteiger partial charge in [0.05, 0.1) is 0 Å². The van der Waals surface area contributed by atoms with Crippen molar-refractivity contribution in [2.75, 3.05) is 0 Å². The van der Waals surface area contributed by atoms with Crippen molar-refractivity contribution < 1.29 is 39.3 Å². The number of benzene rings is 2. The predicted molar refractivity (Wildman–Crippen MR) is 170 cm³/mol. The zero-order valence-corrected chi connectivity index (χ0v) is 28.1. The summed E-state index contributed by atoms with van der Waals surface area (Å²) in [5, 5.41) is 0. The van der Waals surface area contributed by atoms with Gasteiger partial charge in [-0.2, -0.15) is 12.2 Å². The fourth-order valence-corrected chi connectivity index (χ4v) is 4.57. The summed E-state index contributed by atoms with van der Waals surface area (Å²) in [5.74, 6) is -2.14. The zero-order valence-electron chi connectivity index (χ0n) is 26.6. The smallest absolute Gasteiger partial charge is 0.369 e. The first-order chi connectivity index (χ1) is 21.0. The molecule has 0 aliphatic heterocycles. The molecule has 0 radical (unpaired) electrons. The van der Waals surface area contributed by atoms with Crippen LogP contribution in [0.1, 0.15) is 75.1 Å². The van der Waals surface area contributed by atoms with Crippen LogP contribution in [-0.4, -0.2) is 9.13 Å². The van der Waals surface area contributed by atoms with Crippen molar-refractivity contribution in [3.8, 4) is 11.4 Å². The van der Waals surface area contributed by atoms with Crippen LogP contribution in [0.15, 0.2) is 85.0 Å². The van der Waals surface area contributed by atoms with Crippen LogP contribution in [0.25, 0.3) is 11.4 Å². The molecule has 0 bridgehead atoms. The largest absolute Gasteiger partial charge is 4.00 e. The van der Waals surface area contributed by atoms with E-state index in [4.69, 9.17) is 0 Å². The third-order valence-electron chi connectivity index (χ3n) is 6.73. The number of hydrogen-bond donors (Lipinski definition) is 0. The molecule has 6 rings (SSSR count). The molecule has 0 fully saturated rings. The Morgan fingerprint density at radius 2 is 0.956 bits per heavy atom. The number of halogens is 4. The van der Waals surface area contributed by atoms with Gasteiger partial charge in [0, 0.05) is 46.0 Å². The Labute approximate surface area is 280 Å². The Balaban J connectivity index is 0.000000235. The molecule has 2 nitrogen and oxygen atoms in total. The van der Waals surface area contributed by atoms with E-state index in [2.05, 4.69) is 36.4 Å². The minimum absolute atomic E-state index is 0. The molecule has 2 aliphatic carbocycles. The predicted octanol–water partition coefficient (Wildman–Crippen LogP) is 10.6. The molecule has 7 heteroatoms. The first-order valence-electron chi connectivity index (χ1n) is 14.6. The van der Waals surface area contributed by atoms with Crippen molar-refractivity contribution in [3.05, 3.63) is 155 Å². The molecule has 0 saturated carbocycles. The molecule has 2 aromatic heterocycles. The van der Waals surface area contributed by atoms with Crippen molar-refractivity contribution in [2.24, 2.45) is 0 Å². The second-order valence-corrected chi connectivity index (χ2v) is 10.8. The molecule has 4 aromatic rings. The number of rotatable bonds is 4. The second-order valence-electron chi connectivity index (χ2n) is 10.8. The Morgan fingerprint density at radius 1 is 0.578 bits per heavy atom. The van der Waals surface area contributed by atoms with Crippen LogP contribution in [0.2, 0.25) is 0 Å². The molecule has 0 N–H and O–H groups in total. The summed E-state index contributed by atoms with van der Waals surface area (Å²) in [5.41, 5.74) is 4.54. The number of hydrogen-bond acceptors (Lipinski definition) is 0. The number of nitrogens with zero attached hydrogens (tertiary/aromatic N) is 2. The van der Waals surface area contributed by atoms with Gasteiger partial charge >= 0.3 is 21.7 Å². The SMILES string of the molecule is Cc1ccc(C(C)C)n1-c1ccc(F)[c-]c1F.Cc1ccc(C(C)C)n1-c1ccc(F)[c-]c1F.[C-]1=CC=CC1.[C-]1=CC=CC1.[Ti+4]. The van der Waals surface area contributed by atoms with Crippen molar-refractivity contribution >= 4 is 0 Å². The Bertz CT molecular complexity index is 1500. The standard InChI is InChI=1S/2C14H14F2N.2C5H5.Ti/c2*1-9(2)13-6-4-10(3)17(13)14-7-5-11(15)8-12(14)16;2*1-2-4-5-3-1;/h2*4-7,9H,1-3H3;2*1-3H,4H2;/q4*-1;+4. The first-order valence-corrected chi connectivity index (χ1v) is 14.6. The van der Waals surface area contributed by atoms with E-state index >= 15 is 0 Å². The molecule has 2 aromatic carbocycles. The van der Waals surface area contributed by atoms with Gasteiger partial charge in [0.15, 0.2) is 0 Å².